The van der Waals surface area contributed by atoms with E-state index in [1.165, 1.54) is 38.8 Å². The highest BCUT2D eigenvalue weighted by Crippen LogP contribution is 2.42. The third-order valence-corrected chi connectivity index (χ3v) is 5.30. The van der Waals surface area contributed by atoms with Gasteiger partial charge in [-0.3, -0.25) is 0 Å². The molecule has 2 aromatic rings. The molecule has 1 nitrogen and oxygen atoms in total. The molecule has 0 unspecified atom stereocenters. The highest BCUT2D eigenvalue weighted by molar-refractivity contribution is 5.45. The summed E-state index contributed by atoms with van der Waals surface area (Å²) >= 11 is 0. The van der Waals surface area contributed by atoms with Gasteiger partial charge in [-0.05, 0) is 66.9 Å². The molecule has 1 aliphatic heterocycles. The van der Waals surface area contributed by atoms with Crippen LogP contribution < -0.4 is 5.32 Å². The summed E-state index contributed by atoms with van der Waals surface area (Å²) in [6, 6.07) is 18.3. The molecule has 1 aliphatic carbocycles. The predicted molar refractivity (Wildman–Crippen MR) is 87.7 cm³/mol. The van der Waals surface area contributed by atoms with Crippen LogP contribution in [0, 0.1) is 5.92 Å². The smallest absolute Gasteiger partial charge is 0.0124 e. The van der Waals surface area contributed by atoms with Gasteiger partial charge in [-0.2, -0.15) is 0 Å². The Bertz CT molecular complexity index is 578. The van der Waals surface area contributed by atoms with Crippen LogP contribution >= 0.6 is 0 Å². The molecule has 0 amide bonds. The number of hydrogen-bond donors (Lipinski definition) is 1. The second kappa shape index (κ2) is 5.65. The molecule has 1 fully saturated rings. The van der Waals surface area contributed by atoms with Crippen molar-refractivity contribution in [2.45, 2.75) is 31.6 Å². The molecule has 0 atom stereocenters. The number of rotatable bonds is 1. The lowest BCUT2D eigenvalue weighted by molar-refractivity contribution is 0.342. The molecule has 2 aromatic carbocycles. The average molecular weight is 277 g/mol. The standard InChI is InChI=1S/C20H23N/c1-3-7-18-15(5-1)9-10-16-6-2-4-8-19(16)20(18)17-11-13-21-14-12-17/h1-8,17,20-21H,9-14H2. The minimum Gasteiger partial charge on any atom is -0.317 e. The second-order valence-electron chi connectivity index (χ2n) is 6.46. The fourth-order valence-electron chi connectivity index (χ4n) is 4.25. The zero-order chi connectivity index (χ0) is 14.1. The van der Waals surface area contributed by atoms with Crippen molar-refractivity contribution in [3.63, 3.8) is 0 Å². The van der Waals surface area contributed by atoms with Crippen LogP contribution in [0.2, 0.25) is 0 Å². The van der Waals surface area contributed by atoms with Crippen LogP contribution in [-0.4, -0.2) is 13.1 Å². The highest BCUT2D eigenvalue weighted by Gasteiger charge is 2.30. The molecule has 4 rings (SSSR count). The summed E-state index contributed by atoms with van der Waals surface area (Å²) in [5, 5.41) is 3.52. The zero-order valence-corrected chi connectivity index (χ0v) is 12.5. The van der Waals surface area contributed by atoms with Crippen LogP contribution in [0.15, 0.2) is 48.5 Å². The summed E-state index contributed by atoms with van der Waals surface area (Å²) in [5.74, 6) is 1.38. The number of benzene rings is 2. The number of nitrogens with one attached hydrogen (secondary N) is 1. The van der Waals surface area contributed by atoms with Crippen molar-refractivity contribution in [2.75, 3.05) is 13.1 Å². The Morgan fingerprint density at radius 1 is 0.714 bits per heavy atom. The third kappa shape index (κ3) is 2.40. The van der Waals surface area contributed by atoms with Gasteiger partial charge in [0.15, 0.2) is 0 Å². The second-order valence-corrected chi connectivity index (χ2v) is 6.46. The van der Waals surface area contributed by atoms with E-state index >= 15 is 0 Å². The molecule has 0 spiro atoms. The number of aryl methyl sites for hydroxylation is 2. The molecular formula is C20H23N. The first-order valence-corrected chi connectivity index (χ1v) is 8.30. The SMILES string of the molecule is c1ccc2c(c1)CCc1ccccc1C2C1CCNCC1. The Balaban J connectivity index is 1.85. The van der Waals surface area contributed by atoms with Crippen LogP contribution in [0.4, 0.5) is 0 Å². The van der Waals surface area contributed by atoms with E-state index in [1.54, 1.807) is 22.3 Å². The molecule has 1 heteroatoms. The first-order chi connectivity index (χ1) is 10.4. The largest absolute Gasteiger partial charge is 0.317 e. The van der Waals surface area contributed by atoms with Gasteiger partial charge in [0.25, 0.3) is 0 Å². The summed E-state index contributed by atoms with van der Waals surface area (Å²) in [6.07, 6.45) is 4.98. The third-order valence-electron chi connectivity index (χ3n) is 5.30. The normalized spacial score (nSPS) is 19.6. The molecule has 108 valence electrons. The first kappa shape index (κ1) is 13.1. The molecule has 0 bridgehead atoms. The van der Waals surface area contributed by atoms with E-state index in [0.717, 1.165) is 5.92 Å². The van der Waals surface area contributed by atoms with Crippen molar-refractivity contribution in [2.24, 2.45) is 5.92 Å². The Morgan fingerprint density at radius 2 is 1.24 bits per heavy atom. The van der Waals surface area contributed by atoms with E-state index < -0.39 is 0 Å². The average Bonchev–Trinajstić information content (AvgIpc) is 2.72. The van der Waals surface area contributed by atoms with Gasteiger partial charge in [-0.15, -0.1) is 0 Å². The Hall–Kier alpha value is -1.60. The van der Waals surface area contributed by atoms with Crippen molar-refractivity contribution in [1.29, 1.82) is 0 Å². The van der Waals surface area contributed by atoms with E-state index in [2.05, 4.69) is 53.8 Å². The van der Waals surface area contributed by atoms with Crippen LogP contribution in [-0.2, 0) is 12.8 Å². The summed E-state index contributed by atoms with van der Waals surface area (Å²) in [4.78, 5) is 0. The van der Waals surface area contributed by atoms with Crippen LogP contribution in [0.3, 0.4) is 0 Å². The molecule has 2 aliphatic rings. The van der Waals surface area contributed by atoms with E-state index in [0.29, 0.717) is 5.92 Å². The molecule has 0 saturated carbocycles. The van der Waals surface area contributed by atoms with Crippen LogP contribution in [0.5, 0.6) is 0 Å². The molecule has 1 heterocycles. The van der Waals surface area contributed by atoms with Gasteiger partial charge in [-0.1, -0.05) is 48.5 Å². The van der Waals surface area contributed by atoms with Crippen molar-refractivity contribution in [3.05, 3.63) is 70.8 Å². The molecule has 21 heavy (non-hydrogen) atoms. The first-order valence-electron chi connectivity index (χ1n) is 8.30. The maximum absolute atomic E-state index is 3.52. The van der Waals surface area contributed by atoms with Gasteiger partial charge >= 0.3 is 0 Å². The Labute approximate surface area is 127 Å². The van der Waals surface area contributed by atoms with Crippen LogP contribution in [0.1, 0.15) is 41.0 Å². The lowest BCUT2D eigenvalue weighted by atomic mass is 9.75. The predicted octanol–water partition coefficient (Wildman–Crippen LogP) is 3.92. The lowest BCUT2D eigenvalue weighted by Crippen LogP contribution is -2.31. The molecular weight excluding hydrogens is 254 g/mol. The Morgan fingerprint density at radius 3 is 1.81 bits per heavy atom. The molecule has 0 aromatic heterocycles. The summed E-state index contributed by atoms with van der Waals surface area (Å²) in [7, 11) is 0. The van der Waals surface area contributed by atoms with Gasteiger partial charge in [-0.25, -0.2) is 0 Å². The Kier molecular flexibility index (Phi) is 3.52. The van der Waals surface area contributed by atoms with Gasteiger partial charge in [0.05, 0.1) is 0 Å². The quantitative estimate of drug-likeness (QED) is 0.833. The minimum absolute atomic E-state index is 0.599. The van der Waals surface area contributed by atoms with Crippen molar-refractivity contribution in [3.8, 4) is 0 Å². The molecule has 1 N–H and O–H groups in total. The fourth-order valence-corrected chi connectivity index (χ4v) is 4.25. The maximum atomic E-state index is 3.52. The summed E-state index contributed by atoms with van der Waals surface area (Å²) in [5.41, 5.74) is 6.32. The molecule has 1 saturated heterocycles. The topological polar surface area (TPSA) is 12.0 Å². The van der Waals surface area contributed by atoms with E-state index in [4.69, 9.17) is 0 Å². The summed E-state index contributed by atoms with van der Waals surface area (Å²) in [6.45, 7) is 2.34. The maximum Gasteiger partial charge on any atom is 0.0124 e. The zero-order valence-electron chi connectivity index (χ0n) is 12.5. The van der Waals surface area contributed by atoms with Gasteiger partial charge < -0.3 is 5.32 Å². The van der Waals surface area contributed by atoms with E-state index in [9.17, 15) is 0 Å². The fraction of sp³-hybridized carbons (Fsp3) is 0.400. The van der Waals surface area contributed by atoms with Gasteiger partial charge in [0.2, 0.25) is 0 Å². The summed E-state index contributed by atoms with van der Waals surface area (Å²) < 4.78 is 0. The van der Waals surface area contributed by atoms with E-state index in [1.807, 2.05) is 0 Å². The number of piperidine rings is 1. The lowest BCUT2D eigenvalue weighted by Gasteiger charge is -2.32. The monoisotopic (exact) mass is 277 g/mol. The van der Waals surface area contributed by atoms with Gasteiger partial charge in [0.1, 0.15) is 0 Å². The van der Waals surface area contributed by atoms with Gasteiger partial charge in [0, 0.05) is 5.92 Å². The highest BCUT2D eigenvalue weighted by atomic mass is 14.9. The number of hydrogen-bond acceptors (Lipinski definition) is 1. The minimum atomic E-state index is 0.599. The molecule has 0 radical (unpaired) electrons. The number of fused-ring (bicyclic) bond motifs is 2. The van der Waals surface area contributed by atoms with Crippen molar-refractivity contribution in [1.82, 2.24) is 5.32 Å². The van der Waals surface area contributed by atoms with Crippen molar-refractivity contribution < 1.29 is 0 Å². The van der Waals surface area contributed by atoms with Crippen LogP contribution in [0.25, 0.3) is 0 Å². The van der Waals surface area contributed by atoms with E-state index in [-0.39, 0.29) is 0 Å². The van der Waals surface area contributed by atoms with Crippen molar-refractivity contribution >= 4 is 0 Å².